The van der Waals surface area contributed by atoms with Crippen molar-refractivity contribution in [3.8, 4) is 0 Å². The normalized spacial score (nSPS) is 19.8. The standard InChI is InChI=1S/C20H19ClFNO3/c1-13-4-2-3-5-17(13)23-9-8-20(26,19(23)25)18(24)7-6-14-10-15(21)12-16(22)11-14/h2-5,10-12,26H,6-9H2,1H3/t20-/m1/s1. The van der Waals surface area contributed by atoms with Gasteiger partial charge < -0.3 is 10.0 Å². The highest BCUT2D eigenvalue weighted by Gasteiger charge is 2.50. The molecule has 1 amide bonds. The zero-order chi connectivity index (χ0) is 18.9. The van der Waals surface area contributed by atoms with Crippen LogP contribution in [0.5, 0.6) is 0 Å². The molecule has 1 N–H and O–H groups in total. The lowest BCUT2D eigenvalue weighted by molar-refractivity contribution is -0.147. The molecule has 1 aliphatic heterocycles. The van der Waals surface area contributed by atoms with Crippen LogP contribution < -0.4 is 4.90 Å². The lowest BCUT2D eigenvalue weighted by atomic mass is 9.92. The Morgan fingerprint density at radius 2 is 2.04 bits per heavy atom. The van der Waals surface area contributed by atoms with E-state index in [1.165, 1.54) is 17.0 Å². The first-order valence-corrected chi connectivity index (χ1v) is 8.77. The van der Waals surface area contributed by atoms with E-state index in [2.05, 4.69) is 0 Å². The first-order valence-electron chi connectivity index (χ1n) is 8.39. The molecule has 26 heavy (non-hydrogen) atoms. The first-order chi connectivity index (χ1) is 12.3. The molecule has 3 rings (SSSR count). The summed E-state index contributed by atoms with van der Waals surface area (Å²) in [4.78, 5) is 26.7. The van der Waals surface area contributed by atoms with Crippen molar-refractivity contribution in [2.24, 2.45) is 0 Å². The highest BCUT2D eigenvalue weighted by molar-refractivity contribution is 6.30. The minimum atomic E-state index is -2.03. The van der Waals surface area contributed by atoms with Crippen molar-refractivity contribution in [1.82, 2.24) is 0 Å². The second-order valence-corrected chi connectivity index (χ2v) is 6.99. The van der Waals surface area contributed by atoms with Gasteiger partial charge in [0, 0.05) is 30.1 Å². The van der Waals surface area contributed by atoms with E-state index in [9.17, 15) is 19.1 Å². The number of aliphatic hydroxyl groups is 1. The van der Waals surface area contributed by atoms with Crippen molar-refractivity contribution in [1.29, 1.82) is 0 Å². The lowest BCUT2D eigenvalue weighted by Crippen LogP contribution is -2.47. The molecule has 2 aromatic rings. The van der Waals surface area contributed by atoms with Gasteiger partial charge in [0.25, 0.3) is 5.91 Å². The van der Waals surface area contributed by atoms with Gasteiger partial charge >= 0.3 is 0 Å². The number of Topliss-reactive ketones (excluding diaryl/α,β-unsaturated/α-hetero) is 1. The van der Waals surface area contributed by atoms with Gasteiger partial charge in [-0.15, -0.1) is 0 Å². The summed E-state index contributed by atoms with van der Waals surface area (Å²) in [5.41, 5.74) is 0.109. The molecule has 0 bridgehead atoms. The van der Waals surface area contributed by atoms with Crippen LogP contribution in [0, 0.1) is 12.7 Å². The zero-order valence-electron chi connectivity index (χ0n) is 14.3. The van der Waals surface area contributed by atoms with Gasteiger partial charge in [-0.25, -0.2) is 4.39 Å². The highest BCUT2D eigenvalue weighted by Crippen LogP contribution is 2.32. The number of benzene rings is 2. The van der Waals surface area contributed by atoms with Crippen LogP contribution >= 0.6 is 11.6 Å². The van der Waals surface area contributed by atoms with Gasteiger partial charge in [-0.3, -0.25) is 9.59 Å². The predicted molar refractivity (Wildman–Crippen MR) is 97.8 cm³/mol. The number of anilines is 1. The summed E-state index contributed by atoms with van der Waals surface area (Å²) >= 11 is 5.81. The molecule has 1 atom stereocenters. The Morgan fingerprint density at radius 1 is 1.31 bits per heavy atom. The Labute approximate surface area is 156 Å². The van der Waals surface area contributed by atoms with Gasteiger partial charge in [-0.2, -0.15) is 0 Å². The van der Waals surface area contributed by atoms with Gasteiger partial charge in [-0.1, -0.05) is 29.8 Å². The van der Waals surface area contributed by atoms with Crippen LogP contribution in [0.2, 0.25) is 5.02 Å². The Kier molecular flexibility index (Phi) is 5.12. The number of para-hydroxylation sites is 1. The third-order valence-electron chi connectivity index (χ3n) is 4.73. The van der Waals surface area contributed by atoms with Crippen LogP contribution in [0.1, 0.15) is 24.0 Å². The predicted octanol–water partition coefficient (Wildman–Crippen LogP) is 3.46. The Morgan fingerprint density at radius 3 is 2.73 bits per heavy atom. The third-order valence-corrected chi connectivity index (χ3v) is 4.95. The van der Waals surface area contributed by atoms with Gasteiger partial charge in [-0.05, 0) is 48.7 Å². The zero-order valence-corrected chi connectivity index (χ0v) is 15.1. The maximum Gasteiger partial charge on any atom is 0.266 e. The van der Waals surface area contributed by atoms with Crippen molar-refractivity contribution < 1.29 is 19.1 Å². The van der Waals surface area contributed by atoms with Gasteiger partial charge in [0.05, 0.1) is 0 Å². The summed E-state index contributed by atoms with van der Waals surface area (Å²) in [7, 11) is 0. The molecule has 0 spiro atoms. The van der Waals surface area contributed by atoms with Gasteiger partial charge in [0.15, 0.2) is 5.78 Å². The van der Waals surface area contributed by atoms with Crippen LogP contribution in [0.4, 0.5) is 10.1 Å². The number of carbonyl (C=O) groups excluding carboxylic acids is 2. The molecule has 2 aromatic carbocycles. The summed E-state index contributed by atoms with van der Waals surface area (Å²) in [6.45, 7) is 2.15. The number of aryl methyl sites for hydroxylation is 2. The fourth-order valence-electron chi connectivity index (χ4n) is 3.28. The average Bonchev–Trinajstić information content (AvgIpc) is 2.89. The van der Waals surface area contributed by atoms with E-state index in [0.29, 0.717) is 11.3 Å². The second kappa shape index (κ2) is 7.17. The fourth-order valence-corrected chi connectivity index (χ4v) is 3.52. The average molecular weight is 376 g/mol. The summed E-state index contributed by atoms with van der Waals surface area (Å²) in [5, 5.41) is 10.9. The van der Waals surface area contributed by atoms with Crippen molar-refractivity contribution in [2.75, 3.05) is 11.4 Å². The quantitative estimate of drug-likeness (QED) is 0.814. The molecule has 136 valence electrons. The van der Waals surface area contributed by atoms with Crippen molar-refractivity contribution in [3.05, 3.63) is 64.4 Å². The second-order valence-electron chi connectivity index (χ2n) is 6.55. The molecule has 0 aromatic heterocycles. The molecule has 0 radical (unpaired) electrons. The lowest BCUT2D eigenvalue weighted by Gasteiger charge is -2.22. The number of amides is 1. The molecular formula is C20H19ClFNO3. The number of rotatable bonds is 5. The van der Waals surface area contributed by atoms with Crippen LogP contribution in [-0.4, -0.2) is 28.9 Å². The van der Waals surface area contributed by atoms with E-state index in [1.54, 1.807) is 12.1 Å². The molecule has 1 aliphatic rings. The van der Waals surface area contributed by atoms with Crippen molar-refractivity contribution >= 4 is 29.0 Å². The molecule has 4 nitrogen and oxygen atoms in total. The number of hydrogen-bond acceptors (Lipinski definition) is 3. The minimum Gasteiger partial charge on any atom is -0.373 e. The van der Waals surface area contributed by atoms with Gasteiger partial charge in [0.1, 0.15) is 5.82 Å². The van der Waals surface area contributed by atoms with E-state index in [0.717, 1.165) is 5.56 Å². The first kappa shape index (κ1) is 18.5. The molecule has 0 saturated carbocycles. The summed E-state index contributed by atoms with van der Waals surface area (Å²) in [6.07, 6.45) is 0.183. The maximum absolute atomic E-state index is 13.4. The minimum absolute atomic E-state index is 0.0446. The molecular weight excluding hydrogens is 357 g/mol. The molecule has 1 heterocycles. The van der Waals surface area contributed by atoms with Crippen LogP contribution in [0.15, 0.2) is 42.5 Å². The Balaban J connectivity index is 1.73. The number of carbonyl (C=O) groups is 2. The molecule has 0 aliphatic carbocycles. The number of nitrogens with zero attached hydrogens (tertiary/aromatic N) is 1. The largest absolute Gasteiger partial charge is 0.373 e. The Hall–Kier alpha value is -2.24. The van der Waals surface area contributed by atoms with Crippen LogP contribution in [-0.2, 0) is 16.0 Å². The summed E-state index contributed by atoms with van der Waals surface area (Å²) < 4.78 is 13.4. The van der Waals surface area contributed by atoms with Crippen LogP contribution in [0.3, 0.4) is 0 Å². The van der Waals surface area contributed by atoms with E-state index in [-0.39, 0.29) is 30.8 Å². The van der Waals surface area contributed by atoms with Crippen LogP contribution in [0.25, 0.3) is 0 Å². The Bertz CT molecular complexity index is 850. The van der Waals surface area contributed by atoms with E-state index < -0.39 is 23.1 Å². The summed E-state index contributed by atoms with van der Waals surface area (Å²) in [6, 6.07) is 11.4. The molecule has 6 heteroatoms. The fraction of sp³-hybridized carbons (Fsp3) is 0.300. The van der Waals surface area contributed by atoms with E-state index in [4.69, 9.17) is 11.6 Å². The third kappa shape index (κ3) is 3.50. The maximum atomic E-state index is 13.4. The molecule has 1 fully saturated rings. The summed E-state index contributed by atoms with van der Waals surface area (Å²) in [5.74, 6) is -1.64. The highest BCUT2D eigenvalue weighted by atomic mass is 35.5. The monoisotopic (exact) mass is 375 g/mol. The van der Waals surface area contributed by atoms with E-state index in [1.807, 2.05) is 25.1 Å². The number of ketones is 1. The SMILES string of the molecule is Cc1ccccc1N1CC[C@@](O)(C(=O)CCc2cc(F)cc(Cl)c2)C1=O. The van der Waals surface area contributed by atoms with Crippen molar-refractivity contribution in [3.63, 3.8) is 0 Å². The molecule has 0 unspecified atom stereocenters. The number of halogens is 2. The smallest absolute Gasteiger partial charge is 0.266 e. The topological polar surface area (TPSA) is 57.6 Å². The van der Waals surface area contributed by atoms with Crippen molar-refractivity contribution in [2.45, 2.75) is 31.8 Å². The van der Waals surface area contributed by atoms with E-state index >= 15 is 0 Å². The number of hydrogen-bond donors (Lipinski definition) is 1. The van der Waals surface area contributed by atoms with Gasteiger partial charge in [0.2, 0.25) is 5.60 Å². The molecule has 1 saturated heterocycles.